The first-order valence-corrected chi connectivity index (χ1v) is 7.07. The van der Waals surface area contributed by atoms with Crippen LogP contribution in [0.2, 0.25) is 0 Å². The molecule has 0 amide bonds. The minimum Gasteiger partial charge on any atom is -0.382 e. The Hall–Kier alpha value is -2.01. The number of nitrogens with zero attached hydrogens (tertiary/aromatic N) is 1. The van der Waals surface area contributed by atoms with E-state index in [-0.39, 0.29) is 0 Å². The van der Waals surface area contributed by atoms with Crippen LogP contribution >= 0.6 is 0 Å². The molecule has 2 aromatic rings. The molecular weight excluding hydrogens is 232 g/mol. The van der Waals surface area contributed by atoms with Gasteiger partial charge in [0.25, 0.3) is 0 Å². The van der Waals surface area contributed by atoms with Gasteiger partial charge in [-0.1, -0.05) is 43.5 Å². The Morgan fingerprint density at radius 3 is 2.42 bits per heavy atom. The summed E-state index contributed by atoms with van der Waals surface area (Å²) in [6.45, 7) is 0. The fourth-order valence-electron chi connectivity index (χ4n) is 2.99. The van der Waals surface area contributed by atoms with Gasteiger partial charge in [-0.2, -0.15) is 5.26 Å². The highest BCUT2D eigenvalue weighted by atomic mass is 14.9. The van der Waals surface area contributed by atoms with Gasteiger partial charge in [-0.15, -0.1) is 0 Å². The van der Waals surface area contributed by atoms with Crippen molar-refractivity contribution in [1.82, 2.24) is 0 Å². The van der Waals surface area contributed by atoms with Gasteiger partial charge >= 0.3 is 0 Å². The van der Waals surface area contributed by atoms with Gasteiger partial charge in [0.1, 0.15) is 0 Å². The third kappa shape index (κ3) is 2.42. The molecule has 0 bridgehead atoms. The average molecular weight is 250 g/mol. The van der Waals surface area contributed by atoms with Gasteiger partial charge in [0.05, 0.1) is 11.6 Å². The van der Waals surface area contributed by atoms with E-state index in [4.69, 9.17) is 0 Å². The van der Waals surface area contributed by atoms with Crippen LogP contribution in [0, 0.1) is 11.3 Å². The van der Waals surface area contributed by atoms with E-state index >= 15 is 0 Å². The summed E-state index contributed by atoms with van der Waals surface area (Å²) in [5.41, 5.74) is 1.92. The zero-order chi connectivity index (χ0) is 13.1. The molecule has 1 fully saturated rings. The molecule has 19 heavy (non-hydrogen) atoms. The van der Waals surface area contributed by atoms with Crippen LogP contribution in [0.3, 0.4) is 0 Å². The van der Waals surface area contributed by atoms with Crippen molar-refractivity contribution in [3.8, 4) is 6.07 Å². The Kier molecular flexibility index (Phi) is 3.37. The number of hydrogen-bond donors (Lipinski definition) is 1. The summed E-state index contributed by atoms with van der Waals surface area (Å²) < 4.78 is 0. The molecule has 2 aromatic carbocycles. The molecule has 0 atom stereocenters. The Balaban J connectivity index is 1.97. The van der Waals surface area contributed by atoms with E-state index in [0.29, 0.717) is 6.04 Å². The lowest BCUT2D eigenvalue weighted by Crippen LogP contribution is -2.22. The van der Waals surface area contributed by atoms with Crippen LogP contribution in [0.5, 0.6) is 0 Å². The third-order valence-corrected chi connectivity index (χ3v) is 4.01. The molecule has 1 aliphatic carbocycles. The molecule has 96 valence electrons. The van der Waals surface area contributed by atoms with Crippen LogP contribution in [0.4, 0.5) is 5.69 Å². The van der Waals surface area contributed by atoms with E-state index in [2.05, 4.69) is 23.5 Å². The molecule has 0 saturated heterocycles. The van der Waals surface area contributed by atoms with Crippen molar-refractivity contribution in [2.24, 2.45) is 0 Å². The van der Waals surface area contributed by atoms with E-state index in [9.17, 15) is 5.26 Å². The van der Waals surface area contributed by atoms with E-state index < -0.39 is 0 Å². The lowest BCUT2D eigenvalue weighted by molar-refractivity contribution is 0.463. The summed E-state index contributed by atoms with van der Waals surface area (Å²) in [6, 6.07) is 15.0. The van der Waals surface area contributed by atoms with E-state index in [1.807, 2.05) is 24.3 Å². The first kappa shape index (κ1) is 12.0. The summed E-state index contributed by atoms with van der Waals surface area (Å²) in [6.07, 6.45) is 6.53. The lowest BCUT2D eigenvalue weighted by atomic mass is 9.94. The molecule has 0 spiro atoms. The fourth-order valence-corrected chi connectivity index (χ4v) is 2.99. The molecule has 3 rings (SSSR count). The topological polar surface area (TPSA) is 35.8 Å². The van der Waals surface area contributed by atoms with Crippen LogP contribution in [-0.2, 0) is 0 Å². The highest BCUT2D eigenvalue weighted by molar-refractivity contribution is 5.97. The second-order valence-corrected chi connectivity index (χ2v) is 5.30. The van der Waals surface area contributed by atoms with Crippen LogP contribution in [0.15, 0.2) is 36.4 Å². The molecule has 1 N–H and O–H groups in total. The molecular formula is C17H18N2. The van der Waals surface area contributed by atoms with Gasteiger partial charge in [0, 0.05) is 22.5 Å². The minimum atomic E-state index is 0.588. The monoisotopic (exact) mass is 250 g/mol. The fraction of sp³-hybridized carbons (Fsp3) is 0.353. The smallest absolute Gasteiger partial charge is 0.0998 e. The summed E-state index contributed by atoms with van der Waals surface area (Å²) in [4.78, 5) is 0. The SMILES string of the molecule is N#Cc1ccc(NC2CCCCC2)c2ccccc12. The van der Waals surface area contributed by atoms with Gasteiger partial charge in [-0.05, 0) is 25.0 Å². The molecule has 0 unspecified atom stereocenters. The van der Waals surface area contributed by atoms with Crippen LogP contribution in [0.1, 0.15) is 37.7 Å². The first-order chi connectivity index (χ1) is 9.38. The van der Waals surface area contributed by atoms with Crippen molar-refractivity contribution in [1.29, 1.82) is 5.26 Å². The number of nitriles is 1. The van der Waals surface area contributed by atoms with E-state index in [0.717, 1.165) is 16.3 Å². The zero-order valence-electron chi connectivity index (χ0n) is 11.0. The number of hydrogen-bond acceptors (Lipinski definition) is 2. The van der Waals surface area contributed by atoms with Crippen molar-refractivity contribution in [3.63, 3.8) is 0 Å². The maximum Gasteiger partial charge on any atom is 0.0998 e. The molecule has 1 aliphatic rings. The maximum absolute atomic E-state index is 9.18. The Morgan fingerprint density at radius 1 is 0.947 bits per heavy atom. The summed E-state index contributed by atoms with van der Waals surface area (Å²) in [7, 11) is 0. The molecule has 0 heterocycles. The molecule has 1 saturated carbocycles. The predicted octanol–water partition coefficient (Wildman–Crippen LogP) is 4.46. The predicted molar refractivity (Wildman–Crippen MR) is 79.2 cm³/mol. The van der Waals surface area contributed by atoms with Gasteiger partial charge < -0.3 is 5.32 Å². The number of anilines is 1. The number of fused-ring (bicyclic) bond motifs is 1. The summed E-state index contributed by atoms with van der Waals surface area (Å²) in [5, 5.41) is 15.0. The molecule has 0 aromatic heterocycles. The highest BCUT2D eigenvalue weighted by Crippen LogP contribution is 2.29. The van der Waals surface area contributed by atoms with E-state index in [1.165, 1.54) is 37.8 Å². The van der Waals surface area contributed by atoms with Crippen molar-refractivity contribution in [3.05, 3.63) is 42.0 Å². The average Bonchev–Trinajstić information content (AvgIpc) is 2.49. The van der Waals surface area contributed by atoms with Gasteiger partial charge in [0.2, 0.25) is 0 Å². The number of benzene rings is 2. The van der Waals surface area contributed by atoms with Gasteiger partial charge in [0.15, 0.2) is 0 Å². The second-order valence-electron chi connectivity index (χ2n) is 5.30. The Labute approximate surface area is 114 Å². The Bertz CT molecular complexity index is 619. The normalized spacial score (nSPS) is 16.2. The van der Waals surface area contributed by atoms with Crippen LogP contribution in [0.25, 0.3) is 10.8 Å². The van der Waals surface area contributed by atoms with Crippen molar-refractivity contribution in [2.75, 3.05) is 5.32 Å². The third-order valence-electron chi connectivity index (χ3n) is 4.01. The lowest BCUT2D eigenvalue weighted by Gasteiger charge is -2.24. The van der Waals surface area contributed by atoms with Crippen molar-refractivity contribution in [2.45, 2.75) is 38.1 Å². The molecule has 2 nitrogen and oxygen atoms in total. The Morgan fingerprint density at radius 2 is 1.68 bits per heavy atom. The molecule has 0 radical (unpaired) electrons. The van der Waals surface area contributed by atoms with Crippen LogP contribution < -0.4 is 5.32 Å². The van der Waals surface area contributed by atoms with E-state index in [1.54, 1.807) is 0 Å². The number of rotatable bonds is 2. The quantitative estimate of drug-likeness (QED) is 0.854. The minimum absolute atomic E-state index is 0.588. The first-order valence-electron chi connectivity index (χ1n) is 7.07. The molecule has 2 heteroatoms. The van der Waals surface area contributed by atoms with Crippen LogP contribution in [-0.4, -0.2) is 6.04 Å². The zero-order valence-corrected chi connectivity index (χ0v) is 11.0. The van der Waals surface area contributed by atoms with Gasteiger partial charge in [-0.3, -0.25) is 0 Å². The van der Waals surface area contributed by atoms with Crippen molar-refractivity contribution >= 4 is 16.5 Å². The van der Waals surface area contributed by atoms with Crippen molar-refractivity contribution < 1.29 is 0 Å². The second kappa shape index (κ2) is 5.32. The summed E-state index contributed by atoms with van der Waals surface area (Å²) in [5.74, 6) is 0. The number of nitrogens with one attached hydrogen (secondary N) is 1. The maximum atomic E-state index is 9.18. The van der Waals surface area contributed by atoms with Gasteiger partial charge in [-0.25, -0.2) is 0 Å². The standard InChI is InChI=1S/C17H18N2/c18-12-13-10-11-17(16-9-5-4-8-15(13)16)19-14-6-2-1-3-7-14/h4-5,8-11,14,19H,1-3,6-7H2. The highest BCUT2D eigenvalue weighted by Gasteiger charge is 2.14. The summed E-state index contributed by atoms with van der Waals surface area (Å²) >= 11 is 0. The largest absolute Gasteiger partial charge is 0.382 e. The molecule has 0 aliphatic heterocycles.